The summed E-state index contributed by atoms with van der Waals surface area (Å²) in [5.41, 5.74) is 0.969. The Morgan fingerprint density at radius 2 is 1.89 bits per heavy atom. The van der Waals surface area contributed by atoms with Crippen molar-refractivity contribution in [2.75, 3.05) is 19.4 Å². The van der Waals surface area contributed by atoms with Crippen LogP contribution in [0.25, 0.3) is 0 Å². The van der Waals surface area contributed by atoms with Crippen molar-refractivity contribution in [3.8, 4) is 0 Å². The Labute approximate surface area is 112 Å². The molecule has 106 valence electrons. The van der Waals surface area contributed by atoms with Crippen LogP contribution in [0.3, 0.4) is 0 Å². The topological polar surface area (TPSA) is 104 Å². The van der Waals surface area contributed by atoms with Crippen molar-refractivity contribution in [1.82, 2.24) is 5.32 Å². The predicted molar refractivity (Wildman–Crippen MR) is 70.4 cm³/mol. The van der Waals surface area contributed by atoms with Crippen molar-refractivity contribution in [3.05, 3.63) is 35.4 Å². The lowest BCUT2D eigenvalue weighted by Crippen LogP contribution is -2.33. The van der Waals surface area contributed by atoms with Gasteiger partial charge in [0.25, 0.3) is 5.91 Å². The zero-order valence-electron chi connectivity index (χ0n) is 10.5. The SMILES string of the molecule is CS(=O)(=O)Cc1ccc(C(=O)NCC(O)CO)cc1. The first kappa shape index (κ1) is 15.6. The molecule has 1 unspecified atom stereocenters. The molecule has 1 amide bonds. The van der Waals surface area contributed by atoms with Crippen LogP contribution in [0.15, 0.2) is 24.3 Å². The van der Waals surface area contributed by atoms with Crippen molar-refractivity contribution in [2.24, 2.45) is 0 Å². The maximum atomic E-state index is 11.6. The molecule has 19 heavy (non-hydrogen) atoms. The molecule has 0 heterocycles. The lowest BCUT2D eigenvalue weighted by Gasteiger charge is -2.09. The summed E-state index contributed by atoms with van der Waals surface area (Å²) < 4.78 is 22.2. The number of aliphatic hydroxyl groups excluding tert-OH is 2. The number of carbonyl (C=O) groups is 1. The van der Waals surface area contributed by atoms with E-state index in [-0.39, 0.29) is 12.3 Å². The van der Waals surface area contributed by atoms with Gasteiger partial charge in [-0.3, -0.25) is 4.79 Å². The van der Waals surface area contributed by atoms with Crippen LogP contribution in [0.5, 0.6) is 0 Å². The number of sulfone groups is 1. The van der Waals surface area contributed by atoms with Crippen LogP contribution in [0.2, 0.25) is 0 Å². The van der Waals surface area contributed by atoms with Crippen molar-refractivity contribution in [2.45, 2.75) is 11.9 Å². The van der Waals surface area contributed by atoms with Gasteiger partial charge in [0.1, 0.15) is 0 Å². The van der Waals surface area contributed by atoms with Crippen molar-refractivity contribution in [3.63, 3.8) is 0 Å². The van der Waals surface area contributed by atoms with Crippen molar-refractivity contribution in [1.29, 1.82) is 0 Å². The van der Waals surface area contributed by atoms with Crippen LogP contribution in [-0.2, 0) is 15.6 Å². The summed E-state index contributed by atoms with van der Waals surface area (Å²) in [6.45, 7) is -0.464. The minimum atomic E-state index is -3.10. The highest BCUT2D eigenvalue weighted by molar-refractivity contribution is 7.89. The van der Waals surface area contributed by atoms with Crippen LogP contribution in [0.1, 0.15) is 15.9 Å². The van der Waals surface area contributed by atoms with Gasteiger partial charge >= 0.3 is 0 Å². The van der Waals surface area contributed by atoms with Crippen LogP contribution >= 0.6 is 0 Å². The number of amides is 1. The highest BCUT2D eigenvalue weighted by Gasteiger charge is 2.09. The van der Waals surface area contributed by atoms with E-state index >= 15 is 0 Å². The van der Waals surface area contributed by atoms with Gasteiger partial charge in [-0.05, 0) is 17.7 Å². The molecule has 1 atom stereocenters. The highest BCUT2D eigenvalue weighted by atomic mass is 32.2. The first-order chi connectivity index (χ1) is 8.81. The lowest BCUT2D eigenvalue weighted by atomic mass is 10.1. The van der Waals surface area contributed by atoms with Gasteiger partial charge in [-0.25, -0.2) is 8.42 Å². The molecule has 1 rings (SSSR count). The van der Waals surface area contributed by atoms with Gasteiger partial charge in [-0.1, -0.05) is 12.1 Å². The van der Waals surface area contributed by atoms with Gasteiger partial charge in [0.2, 0.25) is 0 Å². The number of aliphatic hydroxyl groups is 2. The van der Waals surface area contributed by atoms with Gasteiger partial charge in [0.15, 0.2) is 9.84 Å². The molecule has 7 heteroatoms. The minimum Gasteiger partial charge on any atom is -0.394 e. The molecule has 0 fully saturated rings. The maximum Gasteiger partial charge on any atom is 0.251 e. The first-order valence-electron chi connectivity index (χ1n) is 5.65. The standard InChI is InChI=1S/C12H17NO5S/c1-19(17,18)8-9-2-4-10(5-3-9)12(16)13-6-11(15)7-14/h2-5,11,14-15H,6-8H2,1H3,(H,13,16). The maximum absolute atomic E-state index is 11.6. The molecule has 0 aliphatic heterocycles. The Bertz CT molecular complexity index is 524. The summed E-state index contributed by atoms with van der Waals surface area (Å²) in [7, 11) is -3.10. The molecule has 0 saturated carbocycles. The number of hydrogen-bond acceptors (Lipinski definition) is 5. The van der Waals surface area contributed by atoms with Crippen LogP contribution < -0.4 is 5.32 Å². The fraction of sp³-hybridized carbons (Fsp3) is 0.417. The van der Waals surface area contributed by atoms with E-state index in [9.17, 15) is 13.2 Å². The third-order valence-corrected chi connectivity index (χ3v) is 3.21. The normalized spacial score (nSPS) is 13.0. The Kier molecular flexibility index (Phi) is 5.46. The average Bonchev–Trinajstić information content (AvgIpc) is 2.34. The van der Waals surface area contributed by atoms with E-state index in [0.717, 1.165) is 6.26 Å². The predicted octanol–water partition coefficient (Wildman–Crippen LogP) is -0.686. The zero-order chi connectivity index (χ0) is 14.5. The van der Waals surface area contributed by atoms with Crippen LogP contribution in [0, 0.1) is 0 Å². The van der Waals surface area contributed by atoms with Crippen molar-refractivity contribution >= 4 is 15.7 Å². The van der Waals surface area contributed by atoms with E-state index in [2.05, 4.69) is 5.32 Å². The molecule has 0 aliphatic rings. The van der Waals surface area contributed by atoms with Gasteiger partial charge in [0, 0.05) is 18.4 Å². The van der Waals surface area contributed by atoms with Crippen LogP contribution in [-0.4, -0.2) is 50.0 Å². The van der Waals surface area contributed by atoms with E-state index in [1.54, 1.807) is 12.1 Å². The minimum absolute atomic E-state index is 0.0412. The molecule has 3 N–H and O–H groups in total. The van der Waals surface area contributed by atoms with E-state index in [1.807, 2.05) is 0 Å². The molecule has 1 aromatic rings. The Hall–Kier alpha value is -1.44. The lowest BCUT2D eigenvalue weighted by molar-refractivity contribution is 0.0802. The molecule has 0 aromatic heterocycles. The molecular formula is C12H17NO5S. The van der Waals surface area contributed by atoms with E-state index < -0.39 is 28.5 Å². The Morgan fingerprint density at radius 3 is 2.37 bits per heavy atom. The summed E-state index contributed by atoms with van der Waals surface area (Å²) in [6.07, 6.45) is 0.151. The summed E-state index contributed by atoms with van der Waals surface area (Å²) >= 11 is 0. The molecule has 0 saturated heterocycles. The zero-order valence-corrected chi connectivity index (χ0v) is 11.4. The number of rotatable bonds is 6. The number of carbonyl (C=O) groups excluding carboxylic acids is 1. The number of benzene rings is 1. The number of hydrogen-bond donors (Lipinski definition) is 3. The van der Waals surface area contributed by atoms with E-state index in [1.165, 1.54) is 12.1 Å². The summed E-state index contributed by atoms with van der Waals surface area (Å²) in [6, 6.07) is 6.17. The highest BCUT2D eigenvalue weighted by Crippen LogP contribution is 2.07. The van der Waals surface area contributed by atoms with Gasteiger partial charge in [-0.15, -0.1) is 0 Å². The molecule has 0 bridgehead atoms. The second kappa shape index (κ2) is 6.65. The molecule has 6 nitrogen and oxygen atoms in total. The smallest absolute Gasteiger partial charge is 0.251 e. The second-order valence-corrected chi connectivity index (χ2v) is 6.45. The Morgan fingerprint density at radius 1 is 1.32 bits per heavy atom. The molecule has 0 radical (unpaired) electrons. The average molecular weight is 287 g/mol. The third kappa shape index (κ3) is 5.82. The summed E-state index contributed by atoms with van der Waals surface area (Å²) in [5, 5.41) is 20.1. The van der Waals surface area contributed by atoms with Gasteiger partial charge < -0.3 is 15.5 Å². The van der Waals surface area contributed by atoms with Gasteiger partial charge in [0.05, 0.1) is 18.5 Å². The van der Waals surface area contributed by atoms with Crippen molar-refractivity contribution < 1.29 is 23.4 Å². The quantitative estimate of drug-likeness (QED) is 0.643. The fourth-order valence-corrected chi connectivity index (χ4v) is 2.23. The van der Waals surface area contributed by atoms with E-state index in [4.69, 9.17) is 10.2 Å². The molecular weight excluding hydrogens is 270 g/mol. The van der Waals surface area contributed by atoms with Gasteiger partial charge in [-0.2, -0.15) is 0 Å². The summed E-state index contributed by atoms with van der Waals surface area (Å²) in [4.78, 5) is 11.6. The molecule has 1 aromatic carbocycles. The largest absolute Gasteiger partial charge is 0.394 e. The molecule has 0 spiro atoms. The third-order valence-electron chi connectivity index (χ3n) is 2.35. The Balaban J connectivity index is 2.63. The molecule has 0 aliphatic carbocycles. The monoisotopic (exact) mass is 287 g/mol. The van der Waals surface area contributed by atoms with Crippen LogP contribution in [0.4, 0.5) is 0 Å². The first-order valence-corrected chi connectivity index (χ1v) is 7.71. The summed E-state index contributed by atoms with van der Waals surface area (Å²) in [5.74, 6) is -0.462. The second-order valence-electron chi connectivity index (χ2n) is 4.31. The van der Waals surface area contributed by atoms with E-state index in [0.29, 0.717) is 11.1 Å². The number of nitrogens with one attached hydrogen (secondary N) is 1. The fourth-order valence-electron chi connectivity index (χ4n) is 1.43.